The summed E-state index contributed by atoms with van der Waals surface area (Å²) in [6.45, 7) is 3.42. The molecule has 0 aliphatic carbocycles. The van der Waals surface area contributed by atoms with Crippen molar-refractivity contribution in [3.05, 3.63) is 41.3 Å². The van der Waals surface area contributed by atoms with Crippen molar-refractivity contribution in [2.45, 2.75) is 31.0 Å². The number of fused-ring (bicyclic) bond motifs is 1. The number of benzene rings is 1. The molecule has 1 N–H and O–H groups in total. The van der Waals surface area contributed by atoms with Crippen LogP contribution in [0.1, 0.15) is 24.1 Å². The third-order valence-electron chi connectivity index (χ3n) is 3.69. The summed E-state index contributed by atoms with van der Waals surface area (Å²) in [5.41, 5.74) is 1.18. The molecular formula is C14H16FN3O3S. The van der Waals surface area contributed by atoms with Gasteiger partial charge in [0.05, 0.1) is 12.2 Å². The summed E-state index contributed by atoms with van der Waals surface area (Å²) in [6.07, 6.45) is 1.06. The van der Waals surface area contributed by atoms with Gasteiger partial charge < -0.3 is 4.74 Å². The highest BCUT2D eigenvalue weighted by Crippen LogP contribution is 2.37. The summed E-state index contributed by atoms with van der Waals surface area (Å²) in [5, 5.41) is 4.06. The number of halogens is 1. The fourth-order valence-electron chi connectivity index (χ4n) is 2.69. The molecule has 22 heavy (non-hydrogen) atoms. The van der Waals surface area contributed by atoms with Gasteiger partial charge in [-0.25, -0.2) is 12.8 Å². The number of sulfonamides is 1. The fraction of sp³-hybridized carbons (Fsp3) is 0.357. The summed E-state index contributed by atoms with van der Waals surface area (Å²) in [5.74, 6) is -0.0566. The Kier molecular flexibility index (Phi) is 3.45. The number of nitrogens with zero attached hydrogens (tertiary/aromatic N) is 2. The lowest BCUT2D eigenvalue weighted by molar-refractivity contribution is 0.220. The summed E-state index contributed by atoms with van der Waals surface area (Å²) in [6, 6.07) is 3.51. The van der Waals surface area contributed by atoms with E-state index in [0.717, 1.165) is 0 Å². The molecule has 0 saturated heterocycles. The van der Waals surface area contributed by atoms with E-state index >= 15 is 0 Å². The predicted octanol–water partition coefficient (Wildman–Crippen LogP) is 1.67. The Hall–Kier alpha value is -1.93. The topological polar surface area (TPSA) is 73.2 Å². The van der Waals surface area contributed by atoms with Crippen LogP contribution in [0, 0.1) is 12.7 Å². The molecule has 1 aliphatic heterocycles. The lowest BCUT2D eigenvalue weighted by atomic mass is 10.1. The maximum Gasteiger partial charge on any atom is 0.258 e. The third-order valence-corrected chi connectivity index (χ3v) is 5.34. The van der Waals surface area contributed by atoms with Crippen LogP contribution >= 0.6 is 0 Å². The second kappa shape index (κ2) is 5.06. The highest BCUT2D eigenvalue weighted by Gasteiger charge is 2.36. The molecule has 0 fully saturated rings. The second-order valence-electron chi connectivity index (χ2n) is 5.36. The van der Waals surface area contributed by atoms with Crippen LogP contribution in [-0.4, -0.2) is 24.3 Å². The molecule has 8 heteroatoms. The van der Waals surface area contributed by atoms with Crippen molar-refractivity contribution in [3.63, 3.8) is 0 Å². The van der Waals surface area contributed by atoms with Gasteiger partial charge >= 0.3 is 0 Å². The number of rotatable bonds is 3. The number of nitrogens with one attached hydrogen (secondary N) is 1. The standard InChI is InChI=1S/C14H16FN3O3S/c1-8-7-16-18(3)14(8)22(19,20)17-13-9(2)21-12-6-10(15)4-5-11(12)13/h4-7,9,13,17H,1-3H3/t9-,13-/m1/s1. The van der Waals surface area contributed by atoms with Gasteiger partial charge in [-0.15, -0.1) is 0 Å². The van der Waals surface area contributed by atoms with E-state index in [1.165, 1.54) is 29.1 Å². The summed E-state index contributed by atoms with van der Waals surface area (Å²) in [7, 11) is -2.20. The molecule has 0 unspecified atom stereocenters. The highest BCUT2D eigenvalue weighted by molar-refractivity contribution is 7.89. The first kappa shape index (κ1) is 15.0. The van der Waals surface area contributed by atoms with E-state index in [4.69, 9.17) is 4.74 Å². The number of hydrogen-bond donors (Lipinski definition) is 1. The lowest BCUT2D eigenvalue weighted by Gasteiger charge is -2.17. The molecule has 0 radical (unpaired) electrons. The van der Waals surface area contributed by atoms with E-state index in [-0.39, 0.29) is 5.03 Å². The Morgan fingerprint density at radius 3 is 2.77 bits per heavy atom. The minimum atomic E-state index is -3.77. The average molecular weight is 325 g/mol. The van der Waals surface area contributed by atoms with Crippen molar-refractivity contribution in [2.75, 3.05) is 0 Å². The van der Waals surface area contributed by atoms with Crippen molar-refractivity contribution >= 4 is 10.0 Å². The smallest absolute Gasteiger partial charge is 0.258 e. The zero-order valence-electron chi connectivity index (χ0n) is 12.4. The van der Waals surface area contributed by atoms with Gasteiger partial charge in [0.25, 0.3) is 10.0 Å². The number of aryl methyl sites for hydroxylation is 2. The number of aromatic nitrogens is 2. The molecule has 3 rings (SSSR count). The van der Waals surface area contributed by atoms with Crippen molar-refractivity contribution in [2.24, 2.45) is 7.05 Å². The van der Waals surface area contributed by atoms with E-state index in [1.54, 1.807) is 20.9 Å². The SMILES string of the molecule is Cc1cnn(C)c1S(=O)(=O)N[C@H]1c2ccc(F)cc2O[C@@H]1C. The first-order chi connectivity index (χ1) is 10.3. The van der Waals surface area contributed by atoms with E-state index in [1.807, 2.05) is 0 Å². The normalized spacial score (nSPS) is 20.7. The molecule has 0 spiro atoms. The molecule has 2 atom stereocenters. The lowest BCUT2D eigenvalue weighted by Crippen LogP contribution is -2.35. The minimum absolute atomic E-state index is 0.107. The molecule has 1 aromatic carbocycles. The van der Waals surface area contributed by atoms with Crippen LogP contribution < -0.4 is 9.46 Å². The predicted molar refractivity (Wildman–Crippen MR) is 77.5 cm³/mol. The molecule has 0 saturated carbocycles. The summed E-state index contributed by atoms with van der Waals surface area (Å²) < 4.78 is 47.9. The molecular weight excluding hydrogens is 309 g/mol. The second-order valence-corrected chi connectivity index (χ2v) is 6.99. The quantitative estimate of drug-likeness (QED) is 0.931. The van der Waals surface area contributed by atoms with Gasteiger partial charge in [0.15, 0.2) is 5.03 Å². The van der Waals surface area contributed by atoms with Gasteiger partial charge in [0, 0.05) is 24.2 Å². The zero-order chi connectivity index (χ0) is 16.1. The van der Waals surface area contributed by atoms with Crippen molar-refractivity contribution < 1.29 is 17.5 Å². The van der Waals surface area contributed by atoms with Crippen LogP contribution in [0.3, 0.4) is 0 Å². The van der Waals surface area contributed by atoms with Crippen LogP contribution in [-0.2, 0) is 17.1 Å². The Labute approximate surface area is 128 Å². The van der Waals surface area contributed by atoms with Gasteiger partial charge in [0.2, 0.25) is 0 Å². The van der Waals surface area contributed by atoms with E-state index in [0.29, 0.717) is 16.9 Å². The average Bonchev–Trinajstić information content (AvgIpc) is 2.90. The van der Waals surface area contributed by atoms with Crippen LogP contribution in [0.15, 0.2) is 29.4 Å². The van der Waals surface area contributed by atoms with Crippen molar-refractivity contribution in [1.29, 1.82) is 0 Å². The fourth-order valence-corrected chi connectivity index (χ4v) is 4.33. The van der Waals surface area contributed by atoms with E-state index < -0.39 is 28.0 Å². The highest BCUT2D eigenvalue weighted by atomic mass is 32.2. The molecule has 118 valence electrons. The maximum absolute atomic E-state index is 13.3. The molecule has 2 heterocycles. The number of hydrogen-bond acceptors (Lipinski definition) is 4. The Morgan fingerprint density at radius 1 is 1.41 bits per heavy atom. The van der Waals surface area contributed by atoms with Gasteiger partial charge in [0.1, 0.15) is 17.7 Å². The largest absolute Gasteiger partial charge is 0.488 e. The monoisotopic (exact) mass is 325 g/mol. The Morgan fingerprint density at radius 2 is 2.14 bits per heavy atom. The molecule has 1 aliphatic rings. The van der Waals surface area contributed by atoms with Crippen LogP contribution in [0.2, 0.25) is 0 Å². The molecule has 0 amide bonds. The first-order valence-electron chi connectivity index (χ1n) is 6.76. The Bertz CT molecular complexity index is 812. The van der Waals surface area contributed by atoms with Crippen LogP contribution in [0.25, 0.3) is 0 Å². The molecule has 6 nitrogen and oxygen atoms in total. The van der Waals surface area contributed by atoms with E-state index in [9.17, 15) is 12.8 Å². The molecule has 2 aromatic rings. The van der Waals surface area contributed by atoms with Crippen LogP contribution in [0.4, 0.5) is 4.39 Å². The van der Waals surface area contributed by atoms with Gasteiger partial charge in [-0.2, -0.15) is 9.82 Å². The summed E-state index contributed by atoms with van der Waals surface area (Å²) in [4.78, 5) is 0. The van der Waals surface area contributed by atoms with Crippen LogP contribution in [0.5, 0.6) is 5.75 Å². The van der Waals surface area contributed by atoms with Gasteiger partial charge in [-0.05, 0) is 19.9 Å². The Balaban J connectivity index is 1.97. The molecule has 0 bridgehead atoms. The minimum Gasteiger partial charge on any atom is -0.488 e. The number of ether oxygens (including phenoxy) is 1. The third kappa shape index (κ3) is 2.38. The van der Waals surface area contributed by atoms with Gasteiger partial charge in [-0.1, -0.05) is 6.07 Å². The van der Waals surface area contributed by atoms with Crippen molar-refractivity contribution in [1.82, 2.24) is 14.5 Å². The molecule has 1 aromatic heterocycles. The summed E-state index contributed by atoms with van der Waals surface area (Å²) >= 11 is 0. The maximum atomic E-state index is 13.3. The van der Waals surface area contributed by atoms with E-state index in [2.05, 4.69) is 9.82 Å². The first-order valence-corrected chi connectivity index (χ1v) is 8.25. The van der Waals surface area contributed by atoms with Gasteiger partial charge in [-0.3, -0.25) is 4.68 Å². The van der Waals surface area contributed by atoms with Crippen molar-refractivity contribution in [3.8, 4) is 5.75 Å². The zero-order valence-corrected chi connectivity index (χ0v) is 13.2.